The third-order valence-corrected chi connectivity index (χ3v) is 2.93. The Morgan fingerprint density at radius 1 is 1.28 bits per heavy atom. The van der Waals surface area contributed by atoms with E-state index in [9.17, 15) is 4.79 Å². The number of amides is 1. The second-order valence-corrected chi connectivity index (χ2v) is 4.73. The summed E-state index contributed by atoms with van der Waals surface area (Å²) in [5.41, 5.74) is 2.24. The zero-order valence-electron chi connectivity index (χ0n) is 12.1. The van der Waals surface area contributed by atoms with Crippen LogP contribution in [0.2, 0.25) is 0 Å². The molecule has 0 aliphatic carbocycles. The Bertz CT molecular complexity index is 237. The van der Waals surface area contributed by atoms with Gasteiger partial charge in [0.1, 0.15) is 0 Å². The lowest BCUT2D eigenvalue weighted by Crippen LogP contribution is -2.56. The number of carbonyl (C=O) groups is 1. The number of nitrogens with one attached hydrogen (secondary N) is 1. The van der Waals surface area contributed by atoms with Crippen LogP contribution in [-0.4, -0.2) is 56.9 Å². The largest absolute Gasteiger partial charge is 0.383 e. The highest BCUT2D eigenvalue weighted by atomic mass is 16.5. The molecule has 0 aromatic heterocycles. The van der Waals surface area contributed by atoms with Gasteiger partial charge in [0, 0.05) is 26.8 Å². The topological polar surface area (TPSA) is 76.8 Å². The van der Waals surface area contributed by atoms with E-state index in [1.54, 1.807) is 14.2 Å². The molecule has 1 amide bonds. The maximum Gasteiger partial charge on any atom is 0.251 e. The Morgan fingerprint density at radius 2 is 1.89 bits per heavy atom. The van der Waals surface area contributed by atoms with Crippen LogP contribution in [0.3, 0.4) is 0 Å². The fraction of sp³-hybridized carbons (Fsp3) is 0.917. The summed E-state index contributed by atoms with van der Waals surface area (Å²) in [6.07, 6.45) is 0. The summed E-state index contributed by atoms with van der Waals surface area (Å²) in [6.45, 7) is 7.81. The lowest BCUT2D eigenvalue weighted by atomic mass is 10.00. The summed E-state index contributed by atoms with van der Waals surface area (Å²) in [6, 6.07) is -0.162. The predicted molar refractivity (Wildman–Crippen MR) is 70.9 cm³/mol. The van der Waals surface area contributed by atoms with Gasteiger partial charge in [-0.2, -0.15) is 0 Å². The van der Waals surface area contributed by atoms with E-state index in [1.807, 2.05) is 20.8 Å². The maximum absolute atomic E-state index is 11.9. The van der Waals surface area contributed by atoms with Crippen molar-refractivity contribution in [3.05, 3.63) is 0 Å². The van der Waals surface area contributed by atoms with Crippen LogP contribution in [0.4, 0.5) is 0 Å². The van der Waals surface area contributed by atoms with Gasteiger partial charge in [0.25, 0.3) is 5.91 Å². The molecular formula is C12H27N3O3. The predicted octanol–water partition coefficient (Wildman–Crippen LogP) is -0.0158. The van der Waals surface area contributed by atoms with E-state index in [1.165, 1.54) is 0 Å². The molecule has 0 saturated heterocycles. The molecule has 6 heteroatoms. The maximum atomic E-state index is 11.9. The average molecular weight is 261 g/mol. The molecule has 0 heterocycles. The summed E-state index contributed by atoms with van der Waals surface area (Å²) in [7, 11) is 3.30. The molecule has 18 heavy (non-hydrogen) atoms. The fourth-order valence-electron chi connectivity index (χ4n) is 2.09. The van der Waals surface area contributed by atoms with Gasteiger partial charge in [0.15, 0.2) is 0 Å². The van der Waals surface area contributed by atoms with Crippen LogP contribution in [0.15, 0.2) is 0 Å². The van der Waals surface area contributed by atoms with Crippen molar-refractivity contribution >= 4 is 5.91 Å². The van der Waals surface area contributed by atoms with E-state index in [4.69, 9.17) is 15.3 Å². The van der Waals surface area contributed by atoms with E-state index in [0.717, 1.165) is 0 Å². The summed E-state index contributed by atoms with van der Waals surface area (Å²) in [5, 5.41) is 0. The van der Waals surface area contributed by atoms with Gasteiger partial charge in [-0.15, -0.1) is 0 Å². The molecular weight excluding hydrogens is 234 g/mol. The van der Waals surface area contributed by atoms with E-state index in [2.05, 4.69) is 10.3 Å². The minimum Gasteiger partial charge on any atom is -0.383 e. The highest BCUT2D eigenvalue weighted by Gasteiger charge is 2.31. The Hall–Kier alpha value is -0.690. The van der Waals surface area contributed by atoms with Crippen molar-refractivity contribution in [2.45, 2.75) is 32.9 Å². The van der Waals surface area contributed by atoms with Crippen molar-refractivity contribution in [3.8, 4) is 0 Å². The molecule has 6 nitrogen and oxygen atoms in total. The van der Waals surface area contributed by atoms with Crippen molar-refractivity contribution < 1.29 is 14.3 Å². The molecule has 108 valence electrons. The van der Waals surface area contributed by atoms with Gasteiger partial charge >= 0.3 is 0 Å². The number of hydrogen-bond acceptors (Lipinski definition) is 5. The van der Waals surface area contributed by atoms with Crippen LogP contribution in [0.25, 0.3) is 0 Å². The first-order chi connectivity index (χ1) is 8.49. The van der Waals surface area contributed by atoms with Gasteiger partial charge in [0.2, 0.25) is 0 Å². The number of rotatable bonds is 9. The number of methoxy groups -OCH3 is 2. The first-order valence-corrected chi connectivity index (χ1v) is 6.23. The van der Waals surface area contributed by atoms with Crippen LogP contribution in [-0.2, 0) is 14.3 Å². The lowest BCUT2D eigenvalue weighted by molar-refractivity contribution is -0.130. The van der Waals surface area contributed by atoms with Crippen LogP contribution in [0.5, 0.6) is 0 Å². The minimum atomic E-state index is -0.282. The summed E-state index contributed by atoms with van der Waals surface area (Å²) in [5.74, 6) is 5.24. The van der Waals surface area contributed by atoms with Gasteiger partial charge < -0.3 is 9.47 Å². The number of hydrazine groups is 1. The molecule has 0 aliphatic heterocycles. The number of hydrogen-bond donors (Lipinski definition) is 2. The molecule has 0 bridgehead atoms. The van der Waals surface area contributed by atoms with E-state index in [-0.39, 0.29) is 23.9 Å². The quantitative estimate of drug-likeness (QED) is 0.347. The monoisotopic (exact) mass is 261 g/mol. The first kappa shape index (κ1) is 17.3. The average Bonchev–Trinajstić information content (AvgIpc) is 2.33. The number of nitrogens with zero attached hydrogens (tertiary/aromatic N) is 1. The Morgan fingerprint density at radius 3 is 2.28 bits per heavy atom. The second kappa shape index (κ2) is 9.27. The van der Waals surface area contributed by atoms with Crippen molar-refractivity contribution in [2.24, 2.45) is 11.8 Å². The number of nitrogens with two attached hydrogens (primary N) is 1. The summed E-state index contributed by atoms with van der Waals surface area (Å²) in [4.78, 5) is 14.0. The van der Waals surface area contributed by atoms with Crippen LogP contribution in [0, 0.1) is 5.92 Å². The molecule has 0 saturated carbocycles. The summed E-state index contributed by atoms with van der Waals surface area (Å²) >= 11 is 0. The van der Waals surface area contributed by atoms with Crippen molar-refractivity contribution in [2.75, 3.05) is 34.0 Å². The Balaban J connectivity index is 4.90. The molecule has 0 fully saturated rings. The standard InChI is InChI=1S/C12H27N3O3/c1-9(2)11(12(16)14-13)15(6-7-17-4)10(3)8-18-5/h9-11H,6-8,13H2,1-5H3,(H,14,16). The highest BCUT2D eigenvalue weighted by molar-refractivity contribution is 5.81. The number of ether oxygens (including phenoxy) is 2. The molecule has 0 aromatic carbocycles. The van der Waals surface area contributed by atoms with E-state index >= 15 is 0 Å². The molecule has 0 radical (unpaired) electrons. The zero-order valence-corrected chi connectivity index (χ0v) is 12.1. The molecule has 0 aliphatic rings. The SMILES string of the molecule is COCCN(C(C)COC)C(C(=O)NN)C(C)C. The first-order valence-electron chi connectivity index (χ1n) is 6.23. The van der Waals surface area contributed by atoms with Gasteiger partial charge in [-0.25, -0.2) is 5.84 Å². The normalized spacial score (nSPS) is 14.9. The van der Waals surface area contributed by atoms with Crippen LogP contribution < -0.4 is 11.3 Å². The number of carbonyl (C=O) groups excluding carboxylic acids is 1. The molecule has 2 atom stereocenters. The minimum absolute atomic E-state index is 0.120. The van der Waals surface area contributed by atoms with Crippen molar-refractivity contribution in [1.29, 1.82) is 0 Å². The molecule has 0 aromatic rings. The van der Waals surface area contributed by atoms with E-state index in [0.29, 0.717) is 19.8 Å². The van der Waals surface area contributed by atoms with E-state index < -0.39 is 0 Å². The van der Waals surface area contributed by atoms with Crippen LogP contribution in [0.1, 0.15) is 20.8 Å². The van der Waals surface area contributed by atoms with Gasteiger partial charge in [-0.1, -0.05) is 13.8 Å². The fourth-order valence-corrected chi connectivity index (χ4v) is 2.09. The third kappa shape index (κ3) is 5.30. The third-order valence-electron chi connectivity index (χ3n) is 2.93. The molecule has 2 unspecified atom stereocenters. The second-order valence-electron chi connectivity index (χ2n) is 4.73. The van der Waals surface area contributed by atoms with Gasteiger partial charge in [-0.3, -0.25) is 15.1 Å². The zero-order chi connectivity index (χ0) is 14.1. The van der Waals surface area contributed by atoms with Crippen molar-refractivity contribution in [1.82, 2.24) is 10.3 Å². The van der Waals surface area contributed by atoms with Crippen molar-refractivity contribution in [3.63, 3.8) is 0 Å². The Kier molecular flexibility index (Phi) is 8.91. The van der Waals surface area contributed by atoms with Gasteiger partial charge in [0.05, 0.1) is 19.3 Å². The van der Waals surface area contributed by atoms with Gasteiger partial charge in [-0.05, 0) is 12.8 Å². The lowest BCUT2D eigenvalue weighted by Gasteiger charge is -2.37. The van der Waals surface area contributed by atoms with Crippen LogP contribution >= 0.6 is 0 Å². The smallest absolute Gasteiger partial charge is 0.251 e. The highest BCUT2D eigenvalue weighted by Crippen LogP contribution is 2.14. The molecule has 0 rings (SSSR count). The molecule has 3 N–H and O–H groups in total. The Labute approximate surface area is 110 Å². The molecule has 0 spiro atoms. The summed E-state index contributed by atoms with van der Waals surface area (Å²) < 4.78 is 10.3.